The zero-order valence-electron chi connectivity index (χ0n) is 12.9. The Hall–Kier alpha value is -0.0200. The van der Waals surface area contributed by atoms with Crippen LogP contribution in [0.3, 0.4) is 0 Å². The molecule has 0 heterocycles. The molecule has 0 radical (unpaired) electrons. The minimum absolute atomic E-state index is 0.0133. The predicted octanol–water partition coefficient (Wildman–Crippen LogP) is 3.69. The van der Waals surface area contributed by atoms with Crippen molar-refractivity contribution in [3.05, 3.63) is 0 Å². The van der Waals surface area contributed by atoms with Crippen molar-refractivity contribution in [1.29, 1.82) is 0 Å². The van der Waals surface area contributed by atoms with Gasteiger partial charge in [0.25, 0.3) is 0 Å². The van der Waals surface area contributed by atoms with Crippen molar-refractivity contribution < 1.29 is 4.79 Å². The summed E-state index contributed by atoms with van der Waals surface area (Å²) in [6.07, 6.45) is 2.95. The Morgan fingerprint density at radius 2 is 1.72 bits per heavy atom. The van der Waals surface area contributed by atoms with Gasteiger partial charge in [-0.25, -0.2) is 0 Å². The molecule has 0 bridgehead atoms. The van der Waals surface area contributed by atoms with Gasteiger partial charge >= 0.3 is 0 Å². The molecular weight excluding hydrogens is 242 g/mol. The summed E-state index contributed by atoms with van der Waals surface area (Å²) in [6.45, 7) is 12.5. The van der Waals surface area contributed by atoms with E-state index in [-0.39, 0.29) is 28.4 Å². The molecule has 2 N–H and O–H groups in total. The Bertz CT molecular complexity index is 263. The molecule has 0 aromatic heterocycles. The number of carbonyl (C=O) groups excluding carboxylic acids is 1. The lowest BCUT2D eigenvalue weighted by Crippen LogP contribution is -2.47. The van der Waals surface area contributed by atoms with Crippen molar-refractivity contribution in [2.45, 2.75) is 71.6 Å². The van der Waals surface area contributed by atoms with Crippen LogP contribution in [0.5, 0.6) is 0 Å². The van der Waals surface area contributed by atoms with Crippen molar-refractivity contribution in [1.82, 2.24) is 0 Å². The zero-order valence-corrected chi connectivity index (χ0v) is 13.8. The van der Waals surface area contributed by atoms with E-state index >= 15 is 0 Å². The van der Waals surface area contributed by atoms with Crippen LogP contribution in [-0.2, 0) is 4.79 Å². The van der Waals surface area contributed by atoms with E-state index in [1.54, 1.807) is 0 Å². The largest absolute Gasteiger partial charge is 0.321 e. The molecule has 3 heteroatoms. The fourth-order valence-electron chi connectivity index (χ4n) is 2.85. The van der Waals surface area contributed by atoms with Crippen LogP contribution < -0.4 is 5.73 Å². The molecule has 18 heavy (non-hydrogen) atoms. The number of carbonyl (C=O) groups is 1. The summed E-state index contributed by atoms with van der Waals surface area (Å²) in [5, 5.41) is 0. The lowest BCUT2D eigenvalue weighted by atomic mass is 9.72. The molecule has 0 fully saturated rings. The number of Topliss-reactive ketones (excluding diaryl/α,β-unsaturated/α-hetero) is 1. The summed E-state index contributed by atoms with van der Waals surface area (Å²) in [5.41, 5.74) is 6.22. The van der Waals surface area contributed by atoms with Crippen LogP contribution in [-0.4, -0.2) is 16.6 Å². The number of nitrogens with two attached hydrogens (primary N) is 1. The maximum Gasteiger partial charge on any atom is 0.152 e. The van der Waals surface area contributed by atoms with Gasteiger partial charge in [-0.1, -0.05) is 54.4 Å². The topological polar surface area (TPSA) is 43.1 Å². The maximum absolute atomic E-state index is 12.1. The van der Waals surface area contributed by atoms with Crippen molar-refractivity contribution in [2.24, 2.45) is 23.5 Å². The van der Waals surface area contributed by atoms with Gasteiger partial charge < -0.3 is 5.73 Å². The summed E-state index contributed by atoms with van der Waals surface area (Å²) in [7, 11) is 0. The average Bonchev–Trinajstić information content (AvgIpc) is 2.33. The number of hydrogen-bond donors (Lipinski definition) is 2. The molecule has 4 atom stereocenters. The van der Waals surface area contributed by atoms with Gasteiger partial charge in [0.15, 0.2) is 5.78 Å². The van der Waals surface area contributed by atoms with Gasteiger partial charge in [0.1, 0.15) is 0 Å². The highest BCUT2D eigenvalue weighted by molar-refractivity contribution is 7.81. The quantitative estimate of drug-likeness (QED) is 0.662. The van der Waals surface area contributed by atoms with Gasteiger partial charge in [-0.3, -0.25) is 4.79 Å². The van der Waals surface area contributed by atoms with E-state index in [4.69, 9.17) is 18.4 Å². The van der Waals surface area contributed by atoms with Crippen LogP contribution >= 0.6 is 12.6 Å². The molecule has 0 aromatic carbocycles. The average molecular weight is 273 g/mol. The predicted molar refractivity (Wildman–Crippen MR) is 83.1 cm³/mol. The molecule has 4 unspecified atom stereocenters. The Balaban J connectivity index is 5.10. The monoisotopic (exact) mass is 273 g/mol. The third kappa shape index (κ3) is 4.27. The number of thiol groups is 1. The highest BCUT2D eigenvalue weighted by atomic mass is 32.1. The van der Waals surface area contributed by atoms with Gasteiger partial charge in [-0.15, -0.1) is 0 Å². The number of hydrogen-bond acceptors (Lipinski definition) is 3. The number of ketones is 1. The highest BCUT2D eigenvalue weighted by Crippen LogP contribution is 2.38. The Labute approximate surface area is 119 Å². The van der Waals surface area contributed by atoms with Gasteiger partial charge in [0.05, 0.1) is 6.04 Å². The van der Waals surface area contributed by atoms with Crippen LogP contribution in [0.2, 0.25) is 0 Å². The number of rotatable bonds is 8. The van der Waals surface area contributed by atoms with Gasteiger partial charge in [0.2, 0.25) is 0 Å². The molecule has 0 aliphatic heterocycles. The van der Waals surface area contributed by atoms with E-state index in [9.17, 15) is 4.79 Å². The zero-order chi connectivity index (χ0) is 14.5. The minimum Gasteiger partial charge on any atom is -0.321 e. The van der Waals surface area contributed by atoms with Crippen LogP contribution in [0, 0.1) is 17.8 Å². The third-order valence-electron chi connectivity index (χ3n) is 4.30. The van der Waals surface area contributed by atoms with Gasteiger partial charge in [-0.2, -0.15) is 12.6 Å². The Morgan fingerprint density at radius 3 is 2.00 bits per heavy atom. The molecule has 0 rings (SSSR count). The second-order valence-electron chi connectivity index (χ2n) is 5.88. The SMILES string of the molecule is CCC(C(N)C(=O)C(C)C)C(CC)C(C)(S)CC. The molecule has 0 aliphatic carbocycles. The fourth-order valence-corrected chi connectivity index (χ4v) is 3.22. The van der Waals surface area contributed by atoms with Crippen molar-refractivity contribution in [3.63, 3.8) is 0 Å². The fraction of sp³-hybridized carbons (Fsp3) is 0.933. The van der Waals surface area contributed by atoms with E-state index in [0.717, 1.165) is 19.3 Å². The van der Waals surface area contributed by atoms with E-state index < -0.39 is 0 Å². The van der Waals surface area contributed by atoms with Gasteiger partial charge in [0, 0.05) is 10.7 Å². The second-order valence-corrected chi connectivity index (χ2v) is 6.90. The van der Waals surface area contributed by atoms with Crippen LogP contribution in [0.15, 0.2) is 0 Å². The first-order valence-corrected chi connectivity index (χ1v) is 7.69. The normalized spacial score (nSPS) is 20.3. The van der Waals surface area contributed by atoms with E-state index in [2.05, 4.69) is 27.7 Å². The first-order valence-electron chi connectivity index (χ1n) is 7.24. The molecule has 0 aliphatic rings. The minimum atomic E-state index is -0.349. The smallest absolute Gasteiger partial charge is 0.152 e. The molecule has 0 saturated carbocycles. The molecule has 0 amide bonds. The molecule has 0 spiro atoms. The van der Waals surface area contributed by atoms with Crippen molar-refractivity contribution in [3.8, 4) is 0 Å². The molecular formula is C15H31NOS. The summed E-state index contributed by atoms with van der Waals surface area (Å²) >= 11 is 4.80. The van der Waals surface area contributed by atoms with Crippen LogP contribution in [0.4, 0.5) is 0 Å². The molecule has 0 saturated heterocycles. The summed E-state index contributed by atoms with van der Waals surface area (Å²) in [4.78, 5) is 12.1. The molecule has 2 nitrogen and oxygen atoms in total. The second kappa shape index (κ2) is 7.54. The Kier molecular flexibility index (Phi) is 7.53. The Morgan fingerprint density at radius 1 is 1.22 bits per heavy atom. The van der Waals surface area contributed by atoms with Crippen LogP contribution in [0.1, 0.15) is 60.8 Å². The molecule has 0 aromatic rings. The summed E-state index contributed by atoms with van der Waals surface area (Å²) in [6, 6.07) is -0.349. The lowest BCUT2D eigenvalue weighted by molar-refractivity contribution is -0.125. The third-order valence-corrected chi connectivity index (χ3v) is 4.95. The standard InChI is InChI=1S/C15H31NOS/c1-7-11(13(16)14(17)10(4)5)12(8-2)15(6,18)9-3/h10-13,18H,7-9,16H2,1-6H3. The van der Waals surface area contributed by atoms with Crippen molar-refractivity contribution >= 4 is 18.4 Å². The van der Waals surface area contributed by atoms with E-state index in [1.807, 2.05) is 13.8 Å². The van der Waals surface area contributed by atoms with Gasteiger partial charge in [-0.05, 0) is 18.3 Å². The lowest BCUT2D eigenvalue weighted by Gasteiger charge is -2.40. The first kappa shape index (κ1) is 18.0. The van der Waals surface area contributed by atoms with Crippen molar-refractivity contribution in [2.75, 3.05) is 0 Å². The molecule has 108 valence electrons. The summed E-state index contributed by atoms with van der Waals surface area (Å²) < 4.78 is -0.0513. The summed E-state index contributed by atoms with van der Waals surface area (Å²) in [5.74, 6) is 0.806. The van der Waals surface area contributed by atoms with E-state index in [1.165, 1.54) is 0 Å². The maximum atomic E-state index is 12.1. The highest BCUT2D eigenvalue weighted by Gasteiger charge is 2.38. The van der Waals surface area contributed by atoms with Crippen LogP contribution in [0.25, 0.3) is 0 Å². The first-order chi connectivity index (χ1) is 8.22. The van der Waals surface area contributed by atoms with E-state index in [0.29, 0.717) is 5.92 Å².